The second-order valence-corrected chi connectivity index (χ2v) is 4.59. The van der Waals surface area contributed by atoms with Gasteiger partial charge >= 0.3 is 0 Å². The van der Waals surface area contributed by atoms with Gasteiger partial charge in [-0.3, -0.25) is 0 Å². The highest BCUT2D eigenvalue weighted by molar-refractivity contribution is 6.30. The number of ether oxygens (including phenoxy) is 1. The van der Waals surface area contributed by atoms with Crippen LogP contribution in [0.5, 0.6) is 0 Å². The average Bonchev–Trinajstić information content (AvgIpc) is 2.22. The van der Waals surface area contributed by atoms with Crippen LogP contribution in [0.4, 0.5) is 4.39 Å². The topological polar surface area (TPSA) is 21.3 Å². The largest absolute Gasteiger partial charge is 0.379 e. The Morgan fingerprint density at radius 3 is 2.75 bits per heavy atom. The fraction of sp³-hybridized carbons (Fsp3) is 0.500. The number of hydrogen-bond donors (Lipinski definition) is 1. The van der Waals surface area contributed by atoms with Crippen molar-refractivity contribution in [3.8, 4) is 0 Å². The molecule has 1 N–H and O–H groups in total. The maximum absolute atomic E-state index is 13.1. The zero-order valence-corrected chi connectivity index (χ0v) is 9.98. The van der Waals surface area contributed by atoms with Gasteiger partial charge in [-0.05, 0) is 24.2 Å². The van der Waals surface area contributed by atoms with Gasteiger partial charge in [0.1, 0.15) is 5.82 Å². The summed E-state index contributed by atoms with van der Waals surface area (Å²) in [4.78, 5) is 0. The molecular weight excluding hydrogens is 229 g/mol. The van der Waals surface area contributed by atoms with E-state index < -0.39 is 0 Å². The second kappa shape index (κ2) is 4.70. The summed E-state index contributed by atoms with van der Waals surface area (Å²) in [6.45, 7) is 5.15. The summed E-state index contributed by atoms with van der Waals surface area (Å²) in [5, 5.41) is 3.49. The highest BCUT2D eigenvalue weighted by Gasteiger charge is 2.40. The zero-order valence-electron chi connectivity index (χ0n) is 9.22. The SMILES string of the molecule is CCNCC1(c2ccc(F)c(Cl)c2)COC1. The molecule has 1 saturated heterocycles. The molecule has 2 nitrogen and oxygen atoms in total. The molecule has 0 saturated carbocycles. The minimum Gasteiger partial charge on any atom is -0.379 e. The fourth-order valence-electron chi connectivity index (χ4n) is 1.91. The number of hydrogen-bond acceptors (Lipinski definition) is 2. The van der Waals surface area contributed by atoms with Gasteiger partial charge in [0.2, 0.25) is 0 Å². The molecule has 1 aromatic carbocycles. The Hall–Kier alpha value is -0.640. The Morgan fingerprint density at radius 1 is 1.50 bits per heavy atom. The highest BCUT2D eigenvalue weighted by atomic mass is 35.5. The lowest BCUT2D eigenvalue weighted by molar-refractivity contribution is -0.0588. The smallest absolute Gasteiger partial charge is 0.141 e. The van der Waals surface area contributed by atoms with Gasteiger partial charge in [-0.1, -0.05) is 24.6 Å². The summed E-state index contributed by atoms with van der Waals surface area (Å²) in [7, 11) is 0. The number of likely N-dealkylation sites (N-methyl/N-ethyl adjacent to an activating group) is 1. The van der Waals surface area contributed by atoms with E-state index in [1.807, 2.05) is 0 Å². The molecule has 0 radical (unpaired) electrons. The van der Waals surface area contributed by atoms with Crippen molar-refractivity contribution < 1.29 is 9.13 Å². The Kier molecular flexibility index (Phi) is 3.47. The van der Waals surface area contributed by atoms with E-state index in [9.17, 15) is 4.39 Å². The normalized spacial score (nSPS) is 18.2. The molecule has 1 aliphatic rings. The number of benzene rings is 1. The van der Waals surface area contributed by atoms with E-state index >= 15 is 0 Å². The summed E-state index contributed by atoms with van der Waals surface area (Å²) in [6.07, 6.45) is 0. The first-order valence-electron chi connectivity index (χ1n) is 5.42. The highest BCUT2D eigenvalue weighted by Crippen LogP contribution is 2.33. The van der Waals surface area contributed by atoms with Crippen molar-refractivity contribution >= 4 is 11.6 Å². The van der Waals surface area contributed by atoms with Crippen LogP contribution in [-0.4, -0.2) is 26.3 Å². The van der Waals surface area contributed by atoms with Crippen molar-refractivity contribution in [2.75, 3.05) is 26.3 Å². The number of halogens is 2. The Bertz CT molecular complexity index is 379. The molecule has 0 unspecified atom stereocenters. The molecule has 16 heavy (non-hydrogen) atoms. The molecule has 0 aromatic heterocycles. The van der Waals surface area contributed by atoms with E-state index in [0.29, 0.717) is 13.2 Å². The Balaban J connectivity index is 2.22. The molecule has 1 aliphatic heterocycles. The first-order valence-corrected chi connectivity index (χ1v) is 5.80. The summed E-state index contributed by atoms with van der Waals surface area (Å²) in [5.41, 5.74) is 1.01. The van der Waals surface area contributed by atoms with Crippen LogP contribution < -0.4 is 5.32 Å². The van der Waals surface area contributed by atoms with Crippen LogP contribution in [0.1, 0.15) is 12.5 Å². The van der Waals surface area contributed by atoms with Gasteiger partial charge in [0.15, 0.2) is 0 Å². The molecule has 0 bridgehead atoms. The first-order chi connectivity index (χ1) is 7.68. The van der Waals surface area contributed by atoms with Crippen molar-refractivity contribution in [3.05, 3.63) is 34.6 Å². The molecule has 0 aliphatic carbocycles. The van der Waals surface area contributed by atoms with E-state index in [2.05, 4.69) is 12.2 Å². The summed E-state index contributed by atoms with van der Waals surface area (Å²) >= 11 is 5.80. The van der Waals surface area contributed by atoms with E-state index in [1.165, 1.54) is 6.07 Å². The molecule has 88 valence electrons. The lowest BCUT2D eigenvalue weighted by Gasteiger charge is -2.42. The molecule has 1 fully saturated rings. The van der Waals surface area contributed by atoms with Crippen LogP contribution in [0.2, 0.25) is 5.02 Å². The van der Waals surface area contributed by atoms with E-state index in [0.717, 1.165) is 18.7 Å². The van der Waals surface area contributed by atoms with Crippen LogP contribution in [-0.2, 0) is 10.2 Å². The zero-order chi connectivity index (χ0) is 11.6. The van der Waals surface area contributed by atoms with Gasteiger partial charge in [-0.2, -0.15) is 0 Å². The van der Waals surface area contributed by atoms with E-state index in [4.69, 9.17) is 16.3 Å². The van der Waals surface area contributed by atoms with Gasteiger partial charge in [-0.15, -0.1) is 0 Å². The van der Waals surface area contributed by atoms with Crippen molar-refractivity contribution in [2.45, 2.75) is 12.3 Å². The van der Waals surface area contributed by atoms with E-state index in [1.54, 1.807) is 12.1 Å². The van der Waals surface area contributed by atoms with Gasteiger partial charge in [0, 0.05) is 6.54 Å². The third-order valence-corrected chi connectivity index (χ3v) is 3.29. The van der Waals surface area contributed by atoms with E-state index in [-0.39, 0.29) is 16.3 Å². The predicted molar refractivity (Wildman–Crippen MR) is 62.5 cm³/mol. The molecule has 0 amide bonds. The molecule has 4 heteroatoms. The maximum atomic E-state index is 13.1. The van der Waals surface area contributed by atoms with Crippen molar-refractivity contribution in [2.24, 2.45) is 0 Å². The Labute approximate surface area is 99.7 Å². The van der Waals surface area contributed by atoms with Gasteiger partial charge in [0.05, 0.1) is 23.7 Å². The van der Waals surface area contributed by atoms with Crippen molar-refractivity contribution in [1.29, 1.82) is 0 Å². The second-order valence-electron chi connectivity index (χ2n) is 4.18. The van der Waals surface area contributed by atoms with Crippen LogP contribution in [0.15, 0.2) is 18.2 Å². The minimum absolute atomic E-state index is 0.0344. The summed E-state index contributed by atoms with van der Waals surface area (Å²) in [5.74, 6) is -0.371. The molecule has 1 heterocycles. The lowest BCUT2D eigenvalue weighted by atomic mass is 9.78. The van der Waals surface area contributed by atoms with Gasteiger partial charge < -0.3 is 10.1 Å². The molecule has 1 aromatic rings. The lowest BCUT2D eigenvalue weighted by Crippen LogP contribution is -2.53. The minimum atomic E-state index is -0.371. The first kappa shape index (κ1) is 11.8. The maximum Gasteiger partial charge on any atom is 0.141 e. The molecular formula is C12H15ClFNO. The molecule has 0 atom stereocenters. The van der Waals surface area contributed by atoms with Gasteiger partial charge in [0.25, 0.3) is 0 Å². The number of rotatable bonds is 4. The van der Waals surface area contributed by atoms with Crippen LogP contribution in [0.3, 0.4) is 0 Å². The van der Waals surface area contributed by atoms with Crippen LogP contribution in [0, 0.1) is 5.82 Å². The molecule has 2 rings (SSSR count). The Morgan fingerprint density at radius 2 is 2.25 bits per heavy atom. The predicted octanol–water partition coefficient (Wildman–Crippen LogP) is 2.36. The third-order valence-electron chi connectivity index (χ3n) is 3.00. The van der Waals surface area contributed by atoms with Gasteiger partial charge in [-0.25, -0.2) is 4.39 Å². The quantitative estimate of drug-likeness (QED) is 0.877. The third kappa shape index (κ3) is 2.08. The van der Waals surface area contributed by atoms with Crippen molar-refractivity contribution in [3.63, 3.8) is 0 Å². The average molecular weight is 244 g/mol. The molecule has 0 spiro atoms. The standard InChI is InChI=1S/C12H15ClFNO/c1-2-15-6-12(7-16-8-12)9-3-4-11(14)10(13)5-9/h3-5,15H,2,6-8H2,1H3. The van der Waals surface area contributed by atoms with Crippen LogP contribution >= 0.6 is 11.6 Å². The summed E-state index contributed by atoms with van der Waals surface area (Å²) < 4.78 is 18.4. The number of nitrogens with one attached hydrogen (secondary N) is 1. The monoisotopic (exact) mass is 243 g/mol. The summed E-state index contributed by atoms with van der Waals surface area (Å²) in [6, 6.07) is 4.92. The fourth-order valence-corrected chi connectivity index (χ4v) is 2.09. The van der Waals surface area contributed by atoms with Crippen LogP contribution in [0.25, 0.3) is 0 Å². The van der Waals surface area contributed by atoms with Crippen molar-refractivity contribution in [1.82, 2.24) is 5.32 Å².